The molecule has 1 aliphatic rings. The van der Waals surface area contributed by atoms with E-state index >= 15 is 0 Å². The summed E-state index contributed by atoms with van der Waals surface area (Å²) >= 11 is 0. The number of ether oxygens (including phenoxy) is 2. The molecule has 1 heterocycles. The highest BCUT2D eigenvalue weighted by molar-refractivity contribution is 5.06. The van der Waals surface area contributed by atoms with Crippen molar-refractivity contribution in [2.24, 2.45) is 0 Å². The molecule has 0 aromatic rings. The van der Waals surface area contributed by atoms with Gasteiger partial charge in [0.05, 0.1) is 18.3 Å². The van der Waals surface area contributed by atoms with Crippen LogP contribution in [-0.2, 0) is 9.47 Å². The zero-order valence-corrected chi connectivity index (χ0v) is 13.6. The second-order valence-corrected chi connectivity index (χ2v) is 6.30. The summed E-state index contributed by atoms with van der Waals surface area (Å²) in [6.45, 7) is 10.00. The average Bonchev–Trinajstić information content (AvgIpc) is 2.81. The summed E-state index contributed by atoms with van der Waals surface area (Å²) in [6.07, 6.45) is 1.02. The normalized spacial score (nSPS) is 28.3. The molecular weight excluding hydrogens is 254 g/mol. The van der Waals surface area contributed by atoms with Gasteiger partial charge in [-0.1, -0.05) is 0 Å². The molecule has 5 heteroatoms. The third kappa shape index (κ3) is 4.42. The van der Waals surface area contributed by atoms with E-state index in [-0.39, 0.29) is 12.2 Å². The minimum atomic E-state index is -0.499. The Morgan fingerprint density at radius 2 is 1.75 bits per heavy atom. The monoisotopic (exact) mass is 283 g/mol. The number of hydrogen-bond donors (Lipinski definition) is 1. The van der Waals surface area contributed by atoms with Crippen LogP contribution in [0.4, 0.5) is 0 Å². The molecule has 1 rings (SSSR count). The lowest BCUT2D eigenvalue weighted by atomic mass is 9.93. The van der Waals surface area contributed by atoms with Crippen LogP contribution < -0.4 is 5.32 Å². The van der Waals surface area contributed by atoms with Gasteiger partial charge in [-0.05, 0) is 34.1 Å². The van der Waals surface area contributed by atoms with Crippen molar-refractivity contribution >= 4 is 0 Å². The molecule has 4 atom stereocenters. The van der Waals surface area contributed by atoms with E-state index in [0.717, 1.165) is 19.5 Å². The van der Waals surface area contributed by atoms with Crippen LogP contribution in [0.5, 0.6) is 0 Å². The van der Waals surface area contributed by atoms with Gasteiger partial charge in [0.15, 0.2) is 0 Å². The lowest BCUT2D eigenvalue weighted by Crippen LogP contribution is -2.49. The summed E-state index contributed by atoms with van der Waals surface area (Å²) in [7, 11) is 3.45. The van der Waals surface area contributed by atoms with E-state index in [2.05, 4.69) is 37.1 Å². The van der Waals surface area contributed by atoms with Crippen LogP contribution in [0.25, 0.3) is 0 Å². The van der Waals surface area contributed by atoms with Crippen molar-refractivity contribution in [3.05, 3.63) is 0 Å². The lowest BCUT2D eigenvalue weighted by molar-refractivity contribution is -0.00461. The number of nitriles is 1. The van der Waals surface area contributed by atoms with E-state index in [0.29, 0.717) is 12.1 Å². The van der Waals surface area contributed by atoms with Crippen molar-refractivity contribution in [3.63, 3.8) is 0 Å². The SMILES string of the molecule is COC1CN(C(C)CC(C)(C#N)NC(C)C)CC1OC. The Hall–Kier alpha value is -0.670. The van der Waals surface area contributed by atoms with Gasteiger partial charge < -0.3 is 9.47 Å². The van der Waals surface area contributed by atoms with Gasteiger partial charge in [0.1, 0.15) is 5.54 Å². The van der Waals surface area contributed by atoms with Crippen molar-refractivity contribution in [2.75, 3.05) is 27.3 Å². The van der Waals surface area contributed by atoms with Crippen LogP contribution in [0.3, 0.4) is 0 Å². The molecule has 0 radical (unpaired) electrons. The first-order valence-corrected chi connectivity index (χ1v) is 7.33. The molecule has 5 nitrogen and oxygen atoms in total. The third-order valence-electron chi connectivity index (χ3n) is 4.03. The lowest BCUT2D eigenvalue weighted by Gasteiger charge is -2.33. The Bertz CT molecular complexity index is 331. The predicted octanol–water partition coefficient (Wildman–Crippen LogP) is 1.39. The molecule has 4 unspecified atom stereocenters. The molecule has 1 N–H and O–H groups in total. The molecule has 0 aliphatic carbocycles. The quantitative estimate of drug-likeness (QED) is 0.765. The zero-order chi connectivity index (χ0) is 15.3. The second-order valence-electron chi connectivity index (χ2n) is 6.30. The van der Waals surface area contributed by atoms with Gasteiger partial charge in [0, 0.05) is 39.4 Å². The Morgan fingerprint density at radius 3 is 2.10 bits per heavy atom. The summed E-state index contributed by atoms with van der Waals surface area (Å²) in [5.41, 5.74) is -0.499. The molecule has 0 saturated carbocycles. The molecule has 0 aromatic heterocycles. The summed E-state index contributed by atoms with van der Waals surface area (Å²) in [4.78, 5) is 2.35. The maximum atomic E-state index is 9.44. The van der Waals surface area contributed by atoms with Crippen molar-refractivity contribution in [1.29, 1.82) is 5.26 Å². The number of likely N-dealkylation sites (tertiary alicyclic amines) is 1. The van der Waals surface area contributed by atoms with Gasteiger partial charge in [0.25, 0.3) is 0 Å². The van der Waals surface area contributed by atoms with Crippen LogP contribution in [0, 0.1) is 11.3 Å². The van der Waals surface area contributed by atoms with Crippen molar-refractivity contribution in [2.45, 2.75) is 63.9 Å². The molecule has 116 valence electrons. The number of rotatable bonds is 7. The maximum Gasteiger partial charge on any atom is 0.105 e. The minimum absolute atomic E-state index is 0.119. The fourth-order valence-corrected chi connectivity index (χ4v) is 3.08. The van der Waals surface area contributed by atoms with Gasteiger partial charge in [-0.25, -0.2) is 0 Å². The second kappa shape index (κ2) is 7.37. The maximum absolute atomic E-state index is 9.44. The molecular formula is C15H29N3O2. The molecule has 0 aromatic carbocycles. The van der Waals surface area contributed by atoms with Crippen LogP contribution >= 0.6 is 0 Å². The number of methoxy groups -OCH3 is 2. The Labute approximate surface area is 123 Å². The highest BCUT2D eigenvalue weighted by Crippen LogP contribution is 2.23. The summed E-state index contributed by atoms with van der Waals surface area (Å²) < 4.78 is 10.9. The van der Waals surface area contributed by atoms with Crippen molar-refractivity contribution < 1.29 is 9.47 Å². The standard InChI is InChI=1S/C15H29N3O2/c1-11(2)17-15(4,10-16)7-12(3)18-8-13(19-5)14(9-18)20-6/h11-14,17H,7-9H2,1-6H3. The van der Waals surface area contributed by atoms with E-state index < -0.39 is 5.54 Å². The van der Waals surface area contributed by atoms with E-state index in [9.17, 15) is 5.26 Å². The van der Waals surface area contributed by atoms with Gasteiger partial charge in [-0.3, -0.25) is 10.2 Å². The van der Waals surface area contributed by atoms with Crippen molar-refractivity contribution in [1.82, 2.24) is 10.2 Å². The van der Waals surface area contributed by atoms with Gasteiger partial charge >= 0.3 is 0 Å². The van der Waals surface area contributed by atoms with E-state index in [1.165, 1.54) is 0 Å². The van der Waals surface area contributed by atoms with Crippen LogP contribution in [0.1, 0.15) is 34.1 Å². The highest BCUT2D eigenvalue weighted by Gasteiger charge is 2.37. The highest BCUT2D eigenvalue weighted by atomic mass is 16.5. The Balaban J connectivity index is 2.62. The van der Waals surface area contributed by atoms with E-state index in [1.54, 1.807) is 14.2 Å². The van der Waals surface area contributed by atoms with E-state index in [1.807, 2.05) is 6.92 Å². The molecule has 20 heavy (non-hydrogen) atoms. The molecule has 1 saturated heterocycles. The van der Waals surface area contributed by atoms with E-state index in [4.69, 9.17) is 9.47 Å². The predicted molar refractivity (Wildman–Crippen MR) is 79.5 cm³/mol. The Morgan fingerprint density at radius 1 is 1.25 bits per heavy atom. The average molecular weight is 283 g/mol. The van der Waals surface area contributed by atoms with Crippen LogP contribution in [0.15, 0.2) is 0 Å². The summed E-state index contributed by atoms with van der Waals surface area (Å²) in [6, 6.07) is 3.02. The minimum Gasteiger partial charge on any atom is -0.377 e. The summed E-state index contributed by atoms with van der Waals surface area (Å²) in [5.74, 6) is 0. The fourth-order valence-electron chi connectivity index (χ4n) is 3.08. The zero-order valence-electron chi connectivity index (χ0n) is 13.6. The van der Waals surface area contributed by atoms with Gasteiger partial charge in [-0.15, -0.1) is 0 Å². The largest absolute Gasteiger partial charge is 0.377 e. The molecule has 1 aliphatic heterocycles. The first-order chi connectivity index (χ1) is 9.35. The molecule has 0 amide bonds. The molecule has 1 fully saturated rings. The topological polar surface area (TPSA) is 57.5 Å². The smallest absolute Gasteiger partial charge is 0.105 e. The molecule has 0 spiro atoms. The van der Waals surface area contributed by atoms with Gasteiger partial charge in [-0.2, -0.15) is 5.26 Å². The third-order valence-corrected chi connectivity index (χ3v) is 4.03. The first kappa shape index (κ1) is 17.4. The molecule has 0 bridgehead atoms. The number of hydrogen-bond acceptors (Lipinski definition) is 5. The van der Waals surface area contributed by atoms with Crippen LogP contribution in [0.2, 0.25) is 0 Å². The van der Waals surface area contributed by atoms with Crippen molar-refractivity contribution in [3.8, 4) is 6.07 Å². The number of nitrogens with one attached hydrogen (secondary N) is 1. The summed E-state index contributed by atoms with van der Waals surface area (Å²) in [5, 5.41) is 12.8. The Kier molecular flexibility index (Phi) is 6.41. The fraction of sp³-hybridized carbons (Fsp3) is 0.933. The van der Waals surface area contributed by atoms with Crippen LogP contribution in [-0.4, -0.2) is 62.0 Å². The number of nitrogens with zero attached hydrogens (tertiary/aromatic N) is 2. The first-order valence-electron chi connectivity index (χ1n) is 7.33. The van der Waals surface area contributed by atoms with Gasteiger partial charge in [0.2, 0.25) is 0 Å².